The van der Waals surface area contributed by atoms with E-state index >= 15 is 0 Å². The van der Waals surface area contributed by atoms with Crippen molar-refractivity contribution in [3.8, 4) is 0 Å². The summed E-state index contributed by atoms with van der Waals surface area (Å²) in [5, 5.41) is 36.7. The van der Waals surface area contributed by atoms with Gasteiger partial charge in [-0.2, -0.15) is 0 Å². The molecule has 4 aliphatic carbocycles. The number of aliphatic hydroxyl groups is 3. The third-order valence-corrected chi connectivity index (χ3v) is 11.3. The number of hydrogen-bond donors (Lipinski definition) is 3. The Morgan fingerprint density at radius 2 is 1.90 bits per heavy atom. The fourth-order valence-corrected chi connectivity index (χ4v) is 9.11. The average Bonchev–Trinajstić information content (AvgIpc) is 3.20. The van der Waals surface area contributed by atoms with Crippen molar-refractivity contribution in [3.63, 3.8) is 0 Å². The highest BCUT2D eigenvalue weighted by Gasteiger charge is 2.66. The molecule has 4 fully saturated rings. The van der Waals surface area contributed by atoms with Gasteiger partial charge in [-0.1, -0.05) is 30.6 Å². The summed E-state index contributed by atoms with van der Waals surface area (Å²) in [6.07, 6.45) is 7.07. The number of ether oxygens (including phenoxy) is 2. The lowest BCUT2D eigenvalue weighted by Crippen LogP contribution is -2.60. The first-order valence-corrected chi connectivity index (χ1v) is 14.3. The Balaban J connectivity index is 1.19. The molecule has 6 rings (SSSR count). The first-order valence-electron chi connectivity index (χ1n) is 14.3. The van der Waals surface area contributed by atoms with Crippen molar-refractivity contribution < 1.29 is 29.2 Å². The molecule has 1 aliphatic heterocycles. The van der Waals surface area contributed by atoms with Crippen molar-refractivity contribution in [2.75, 3.05) is 6.61 Å². The van der Waals surface area contributed by atoms with Crippen LogP contribution in [0.3, 0.4) is 0 Å². The highest BCUT2D eigenvalue weighted by molar-refractivity contribution is 5.31. The van der Waals surface area contributed by atoms with Gasteiger partial charge in [0.25, 0.3) is 0 Å². The molecule has 10 heteroatoms. The number of hydrogen-bond acceptors (Lipinski definition) is 8. The van der Waals surface area contributed by atoms with E-state index in [-0.39, 0.29) is 41.0 Å². The highest BCUT2D eigenvalue weighted by Crippen LogP contribution is 2.70. The van der Waals surface area contributed by atoms with Crippen LogP contribution in [0.5, 0.6) is 0 Å². The lowest BCUT2D eigenvalue weighted by Gasteiger charge is -2.62. The fourth-order valence-electron chi connectivity index (χ4n) is 9.11. The minimum Gasteiger partial charge on any atom is -0.431 e. The quantitative estimate of drug-likeness (QED) is 0.225. The van der Waals surface area contributed by atoms with Crippen LogP contribution in [0.2, 0.25) is 0 Å². The van der Waals surface area contributed by atoms with E-state index in [0.717, 1.165) is 56.9 Å². The predicted molar refractivity (Wildman–Crippen MR) is 140 cm³/mol. The topological polar surface area (TPSA) is 158 Å². The van der Waals surface area contributed by atoms with Crippen LogP contribution >= 0.6 is 0 Å². The molecule has 0 bridgehead atoms. The molecule has 3 saturated carbocycles. The molecule has 10 nitrogen and oxygen atoms in total. The Hall–Kier alpha value is -2.20. The van der Waals surface area contributed by atoms with Crippen molar-refractivity contribution in [1.82, 2.24) is 0 Å². The lowest BCUT2D eigenvalue weighted by molar-refractivity contribution is -0.259. The van der Waals surface area contributed by atoms with Crippen molar-refractivity contribution in [2.24, 2.45) is 27.8 Å². The molecule has 39 heavy (non-hydrogen) atoms. The fraction of sp³-hybridized carbons (Fsp3) is 0.759. The summed E-state index contributed by atoms with van der Waals surface area (Å²) < 4.78 is 16.9. The van der Waals surface area contributed by atoms with Gasteiger partial charge in [-0.3, -0.25) is 0 Å². The predicted octanol–water partition coefficient (Wildman–Crippen LogP) is 3.94. The maximum absolute atomic E-state index is 12.4. The minimum absolute atomic E-state index is 0.00874. The Bertz CT molecular complexity index is 1220. The monoisotopic (exact) mass is 541 g/mol. The van der Waals surface area contributed by atoms with Crippen molar-refractivity contribution in [1.29, 1.82) is 0 Å². The van der Waals surface area contributed by atoms with E-state index < -0.39 is 30.1 Å². The largest absolute Gasteiger partial charge is 0.431 e. The Labute approximate surface area is 227 Å². The molecule has 0 amide bonds. The smallest absolute Gasteiger partial charge is 0.335 e. The summed E-state index contributed by atoms with van der Waals surface area (Å²) in [6.45, 7) is 4.57. The second kappa shape index (κ2) is 9.72. The minimum atomic E-state index is -1.30. The lowest BCUT2D eigenvalue weighted by atomic mass is 9.45. The van der Waals surface area contributed by atoms with Crippen LogP contribution in [0.4, 0.5) is 0 Å². The molecule has 1 aromatic rings. The van der Waals surface area contributed by atoms with Gasteiger partial charge in [-0.25, -0.2) is 4.79 Å². The summed E-state index contributed by atoms with van der Waals surface area (Å²) in [6, 6.07) is 2.51. The van der Waals surface area contributed by atoms with Gasteiger partial charge in [0.2, 0.25) is 0 Å². The molecular formula is C29H39N3O7. The number of nitrogens with zero attached hydrogens (tertiary/aromatic N) is 3. The SMILES string of the molecule is C[C@]12CC[C@H](OC3OC[C@H](N=[N+]=[N-])[C@H](O)[C@@H]3O)C=C1CCC1C2CC[C@]2(C)[C@@H](c3ccc(=O)oc3)CC[C@]12O. The molecule has 3 unspecified atom stereocenters. The number of allylic oxidation sites excluding steroid dienone is 1. The van der Waals surface area contributed by atoms with Crippen molar-refractivity contribution in [2.45, 2.75) is 107 Å². The number of fused-ring (bicyclic) bond motifs is 5. The summed E-state index contributed by atoms with van der Waals surface area (Å²) in [5.74, 6) is 0.734. The van der Waals surface area contributed by atoms with E-state index in [4.69, 9.17) is 19.4 Å². The summed E-state index contributed by atoms with van der Waals surface area (Å²) >= 11 is 0. The molecule has 0 aromatic carbocycles. The summed E-state index contributed by atoms with van der Waals surface area (Å²) in [4.78, 5) is 14.3. The first-order chi connectivity index (χ1) is 18.6. The third kappa shape index (κ3) is 4.11. The van der Waals surface area contributed by atoms with Crippen molar-refractivity contribution >= 4 is 0 Å². The van der Waals surface area contributed by atoms with Crippen LogP contribution in [0.15, 0.2) is 44.4 Å². The zero-order valence-electron chi connectivity index (χ0n) is 22.6. The first kappa shape index (κ1) is 27.0. The molecule has 212 valence electrons. The van der Waals surface area contributed by atoms with E-state index in [1.807, 2.05) is 6.07 Å². The molecule has 0 spiro atoms. The second-order valence-electron chi connectivity index (χ2n) is 12.9. The van der Waals surface area contributed by atoms with Gasteiger partial charge in [-0.05, 0) is 91.7 Å². The van der Waals surface area contributed by atoms with E-state index in [1.165, 1.54) is 11.6 Å². The van der Waals surface area contributed by atoms with E-state index in [9.17, 15) is 20.1 Å². The summed E-state index contributed by atoms with van der Waals surface area (Å²) in [7, 11) is 0. The van der Waals surface area contributed by atoms with Crippen LogP contribution in [0.1, 0.15) is 76.7 Å². The number of aliphatic hydroxyl groups excluding tert-OH is 2. The molecular weight excluding hydrogens is 502 g/mol. The van der Waals surface area contributed by atoms with Crippen molar-refractivity contribution in [3.05, 3.63) is 56.5 Å². The number of azide groups is 1. The second-order valence-corrected chi connectivity index (χ2v) is 12.9. The van der Waals surface area contributed by atoms with E-state index in [2.05, 4.69) is 29.9 Å². The zero-order valence-corrected chi connectivity index (χ0v) is 22.6. The van der Waals surface area contributed by atoms with Crippen LogP contribution in [0, 0.1) is 22.7 Å². The van der Waals surface area contributed by atoms with Gasteiger partial charge in [0.15, 0.2) is 6.29 Å². The maximum Gasteiger partial charge on any atom is 0.335 e. The maximum atomic E-state index is 12.4. The third-order valence-electron chi connectivity index (χ3n) is 11.3. The molecule has 11 atom stereocenters. The van der Waals surface area contributed by atoms with Crippen LogP contribution in [-0.2, 0) is 9.47 Å². The van der Waals surface area contributed by atoms with Gasteiger partial charge in [-0.15, -0.1) is 0 Å². The highest BCUT2D eigenvalue weighted by atomic mass is 16.7. The Kier molecular flexibility index (Phi) is 6.72. The Morgan fingerprint density at radius 3 is 2.64 bits per heavy atom. The van der Waals surface area contributed by atoms with E-state index in [1.54, 1.807) is 6.26 Å². The van der Waals surface area contributed by atoms with Crippen LogP contribution in [-0.4, -0.2) is 58.2 Å². The number of rotatable bonds is 4. The van der Waals surface area contributed by atoms with Gasteiger partial charge in [0.1, 0.15) is 6.10 Å². The van der Waals surface area contributed by atoms with Gasteiger partial charge in [0, 0.05) is 16.4 Å². The van der Waals surface area contributed by atoms with E-state index in [0.29, 0.717) is 5.92 Å². The molecule has 0 radical (unpaired) electrons. The summed E-state index contributed by atoms with van der Waals surface area (Å²) in [5.41, 5.74) is 9.61. The zero-order chi connectivity index (χ0) is 27.6. The van der Waals surface area contributed by atoms with Gasteiger partial charge in [0.05, 0.1) is 36.7 Å². The molecule has 1 aromatic heterocycles. The Morgan fingerprint density at radius 1 is 1.08 bits per heavy atom. The van der Waals surface area contributed by atoms with Crippen LogP contribution < -0.4 is 5.63 Å². The van der Waals surface area contributed by atoms with Crippen LogP contribution in [0.25, 0.3) is 10.4 Å². The molecule has 2 heterocycles. The molecule has 3 N–H and O–H groups in total. The standard InChI is InChI=1S/C29H39N3O7/c1-27-10-7-18(39-26-25(35)24(34)22(15-38-26)31-32-30)13-17(27)4-5-21-20(27)8-11-28(2)19(9-12-29(21,28)36)16-3-6-23(33)37-14-16/h3,6,13-14,18-22,24-26,34-36H,4-5,7-12,15H2,1-2H3/t18-,19+,20?,21?,22-,24-,25-,26?,27-,28+,29-/m0/s1. The van der Waals surface area contributed by atoms with Gasteiger partial charge >= 0.3 is 5.63 Å². The van der Waals surface area contributed by atoms with Gasteiger partial charge < -0.3 is 29.2 Å². The average molecular weight is 542 g/mol. The normalized spacial score (nSPS) is 47.3. The molecule has 1 saturated heterocycles. The molecule has 5 aliphatic rings.